The van der Waals surface area contributed by atoms with Crippen molar-refractivity contribution in [3.8, 4) is 11.5 Å². The van der Waals surface area contributed by atoms with E-state index in [0.717, 1.165) is 28.5 Å². The molecule has 0 spiro atoms. The van der Waals surface area contributed by atoms with E-state index in [0.29, 0.717) is 29.0 Å². The fourth-order valence-corrected chi connectivity index (χ4v) is 3.43. The van der Waals surface area contributed by atoms with Gasteiger partial charge >= 0.3 is 0 Å². The second-order valence-electron chi connectivity index (χ2n) is 6.40. The minimum atomic E-state index is 0.521. The SMILES string of the molecule is COc1ccc(CNc2nc(Br)cn3nc(Cc4ccccc4)nc23)c(OC)c1. The van der Waals surface area contributed by atoms with Gasteiger partial charge in [-0.25, -0.2) is 14.5 Å². The molecule has 7 nitrogen and oxygen atoms in total. The van der Waals surface area contributed by atoms with Crippen molar-refractivity contribution < 1.29 is 9.47 Å². The Morgan fingerprint density at radius 1 is 1.03 bits per heavy atom. The predicted octanol–water partition coefficient (Wildman–Crippen LogP) is 4.11. The Balaban J connectivity index is 1.60. The van der Waals surface area contributed by atoms with Crippen molar-refractivity contribution in [2.24, 2.45) is 0 Å². The van der Waals surface area contributed by atoms with E-state index in [1.165, 1.54) is 0 Å². The van der Waals surface area contributed by atoms with Crippen LogP contribution in [0, 0.1) is 0 Å². The Labute approximate surface area is 176 Å². The van der Waals surface area contributed by atoms with Gasteiger partial charge in [-0.1, -0.05) is 30.3 Å². The highest BCUT2D eigenvalue weighted by Crippen LogP contribution is 2.26. The van der Waals surface area contributed by atoms with Crippen LogP contribution in [-0.2, 0) is 13.0 Å². The summed E-state index contributed by atoms with van der Waals surface area (Å²) < 4.78 is 13.1. The number of nitrogens with one attached hydrogen (secondary N) is 1. The highest BCUT2D eigenvalue weighted by Gasteiger charge is 2.13. The van der Waals surface area contributed by atoms with E-state index in [1.807, 2.05) is 36.4 Å². The zero-order valence-corrected chi connectivity index (χ0v) is 17.7. The summed E-state index contributed by atoms with van der Waals surface area (Å²) in [5.41, 5.74) is 2.82. The van der Waals surface area contributed by atoms with Crippen LogP contribution in [0.25, 0.3) is 5.65 Å². The number of methoxy groups -OCH3 is 2. The smallest absolute Gasteiger partial charge is 0.198 e. The summed E-state index contributed by atoms with van der Waals surface area (Å²) in [6.45, 7) is 0.521. The summed E-state index contributed by atoms with van der Waals surface area (Å²) in [5.74, 6) is 2.87. The average Bonchev–Trinajstić information content (AvgIpc) is 3.14. The monoisotopic (exact) mass is 453 g/mol. The standard InChI is InChI=1S/C21H20BrN5O2/c1-28-16-9-8-15(17(11-16)29-2)12-23-20-21-25-19(10-14-6-4-3-5-7-14)26-27(21)13-18(22)24-20/h3-9,11,13H,10,12H2,1-2H3,(H,23,24). The predicted molar refractivity (Wildman–Crippen MR) is 115 cm³/mol. The van der Waals surface area contributed by atoms with Crippen LogP contribution in [0.15, 0.2) is 59.3 Å². The van der Waals surface area contributed by atoms with Crippen LogP contribution in [0.3, 0.4) is 0 Å². The molecule has 0 amide bonds. The van der Waals surface area contributed by atoms with Crippen molar-refractivity contribution in [1.82, 2.24) is 19.6 Å². The van der Waals surface area contributed by atoms with Gasteiger partial charge < -0.3 is 14.8 Å². The third-order valence-corrected chi connectivity index (χ3v) is 4.86. The van der Waals surface area contributed by atoms with E-state index < -0.39 is 0 Å². The van der Waals surface area contributed by atoms with Gasteiger partial charge in [0.15, 0.2) is 17.3 Å². The van der Waals surface area contributed by atoms with Crippen LogP contribution in [0.5, 0.6) is 11.5 Å². The third-order valence-electron chi connectivity index (χ3n) is 4.48. The first kappa shape index (κ1) is 19.2. The quantitative estimate of drug-likeness (QED) is 0.453. The maximum atomic E-state index is 5.48. The number of nitrogens with zero attached hydrogens (tertiary/aromatic N) is 4. The van der Waals surface area contributed by atoms with Gasteiger partial charge in [0.2, 0.25) is 0 Å². The van der Waals surface area contributed by atoms with Gasteiger partial charge in [-0.3, -0.25) is 0 Å². The Kier molecular flexibility index (Phi) is 5.62. The Hall–Kier alpha value is -3.13. The van der Waals surface area contributed by atoms with E-state index in [-0.39, 0.29) is 0 Å². The molecule has 0 aliphatic carbocycles. The fraction of sp³-hybridized carbons (Fsp3) is 0.190. The summed E-state index contributed by atoms with van der Waals surface area (Å²) in [5, 5.41) is 7.94. The highest BCUT2D eigenvalue weighted by molar-refractivity contribution is 9.10. The molecule has 0 saturated heterocycles. The van der Waals surface area contributed by atoms with Gasteiger partial charge in [0, 0.05) is 24.6 Å². The molecular weight excluding hydrogens is 434 g/mol. The number of fused-ring (bicyclic) bond motifs is 1. The Morgan fingerprint density at radius 2 is 1.86 bits per heavy atom. The van der Waals surface area contributed by atoms with Crippen LogP contribution < -0.4 is 14.8 Å². The molecule has 0 aliphatic rings. The molecule has 4 rings (SSSR count). The molecule has 0 bridgehead atoms. The molecule has 0 atom stereocenters. The first-order valence-corrected chi connectivity index (χ1v) is 9.86. The minimum absolute atomic E-state index is 0.521. The summed E-state index contributed by atoms with van der Waals surface area (Å²) in [4.78, 5) is 9.23. The number of hydrogen-bond donors (Lipinski definition) is 1. The van der Waals surface area contributed by atoms with Crippen LogP contribution in [-0.4, -0.2) is 33.8 Å². The number of halogens is 1. The number of anilines is 1. The lowest BCUT2D eigenvalue weighted by atomic mass is 10.1. The molecule has 2 aromatic carbocycles. The molecule has 8 heteroatoms. The van der Waals surface area contributed by atoms with E-state index in [9.17, 15) is 0 Å². The number of benzene rings is 2. The van der Waals surface area contributed by atoms with Crippen LogP contribution in [0.4, 0.5) is 5.82 Å². The molecule has 0 saturated carbocycles. The summed E-state index contributed by atoms with van der Waals surface area (Å²) in [6, 6.07) is 15.9. The Bertz CT molecular complexity index is 1130. The first-order valence-electron chi connectivity index (χ1n) is 9.07. The number of aromatic nitrogens is 4. The van der Waals surface area contributed by atoms with Crippen molar-refractivity contribution in [3.63, 3.8) is 0 Å². The largest absolute Gasteiger partial charge is 0.497 e. The van der Waals surface area contributed by atoms with Crippen molar-refractivity contribution in [2.75, 3.05) is 19.5 Å². The second kappa shape index (κ2) is 8.48. The third kappa shape index (κ3) is 4.32. The second-order valence-corrected chi connectivity index (χ2v) is 7.21. The molecule has 2 heterocycles. The van der Waals surface area contributed by atoms with Crippen molar-refractivity contribution in [2.45, 2.75) is 13.0 Å². The van der Waals surface area contributed by atoms with Crippen LogP contribution in [0.1, 0.15) is 17.0 Å². The molecule has 1 N–H and O–H groups in total. The lowest BCUT2D eigenvalue weighted by Gasteiger charge is -2.12. The van der Waals surface area contributed by atoms with Gasteiger partial charge in [-0.15, -0.1) is 0 Å². The number of ether oxygens (including phenoxy) is 2. The molecule has 2 aromatic heterocycles. The van der Waals surface area contributed by atoms with Gasteiger partial charge in [0.25, 0.3) is 0 Å². The normalized spacial score (nSPS) is 10.9. The van der Waals surface area contributed by atoms with E-state index in [2.05, 4.69) is 48.4 Å². The lowest BCUT2D eigenvalue weighted by Crippen LogP contribution is -2.06. The summed E-state index contributed by atoms with van der Waals surface area (Å²) in [7, 11) is 3.27. The van der Waals surface area contributed by atoms with Crippen LogP contribution >= 0.6 is 15.9 Å². The maximum absolute atomic E-state index is 5.48. The molecule has 0 radical (unpaired) electrons. The zero-order valence-electron chi connectivity index (χ0n) is 16.1. The maximum Gasteiger partial charge on any atom is 0.198 e. The molecule has 4 aromatic rings. The molecule has 0 unspecified atom stereocenters. The molecule has 29 heavy (non-hydrogen) atoms. The van der Waals surface area contributed by atoms with Gasteiger partial charge in [-0.2, -0.15) is 5.10 Å². The highest BCUT2D eigenvalue weighted by atomic mass is 79.9. The van der Waals surface area contributed by atoms with Gasteiger partial charge in [0.1, 0.15) is 16.1 Å². The van der Waals surface area contributed by atoms with Crippen molar-refractivity contribution in [3.05, 3.63) is 76.3 Å². The lowest BCUT2D eigenvalue weighted by molar-refractivity contribution is 0.391. The van der Waals surface area contributed by atoms with E-state index >= 15 is 0 Å². The van der Waals surface area contributed by atoms with Crippen molar-refractivity contribution in [1.29, 1.82) is 0 Å². The summed E-state index contributed by atoms with van der Waals surface area (Å²) in [6.07, 6.45) is 2.46. The fourth-order valence-electron chi connectivity index (χ4n) is 3.05. The summed E-state index contributed by atoms with van der Waals surface area (Å²) >= 11 is 3.45. The number of hydrogen-bond acceptors (Lipinski definition) is 6. The van der Waals surface area contributed by atoms with E-state index in [1.54, 1.807) is 24.9 Å². The van der Waals surface area contributed by atoms with Gasteiger partial charge in [0.05, 0.1) is 20.4 Å². The molecule has 148 valence electrons. The van der Waals surface area contributed by atoms with Crippen molar-refractivity contribution >= 4 is 27.4 Å². The van der Waals surface area contributed by atoms with E-state index in [4.69, 9.17) is 9.47 Å². The Morgan fingerprint density at radius 3 is 2.62 bits per heavy atom. The topological polar surface area (TPSA) is 73.6 Å². The first-order chi connectivity index (χ1) is 14.2. The molecule has 0 fully saturated rings. The number of rotatable bonds is 7. The van der Waals surface area contributed by atoms with Crippen LogP contribution in [0.2, 0.25) is 0 Å². The zero-order chi connectivity index (χ0) is 20.2. The molecular formula is C21H20BrN5O2. The van der Waals surface area contributed by atoms with Gasteiger partial charge in [-0.05, 0) is 33.6 Å². The average molecular weight is 454 g/mol. The minimum Gasteiger partial charge on any atom is -0.497 e. The molecule has 0 aliphatic heterocycles.